The van der Waals surface area contributed by atoms with Crippen LogP contribution in [0.1, 0.15) is 4.88 Å². The average molecular weight is 253 g/mol. The number of thiazole rings is 1. The van der Waals surface area contributed by atoms with Crippen LogP contribution in [0.4, 0.5) is 5.69 Å². The fraction of sp³-hybridized carbons (Fsp3) is 0.0909. The summed E-state index contributed by atoms with van der Waals surface area (Å²) in [5.74, 6) is 0.745. The summed E-state index contributed by atoms with van der Waals surface area (Å²) in [5.41, 5.74) is 0.787. The van der Waals surface area contributed by atoms with Crippen molar-refractivity contribution in [2.75, 3.05) is 7.11 Å². The lowest BCUT2D eigenvalue weighted by Crippen LogP contribution is -1.82. The number of rotatable bonds is 3. The third kappa shape index (κ3) is 2.59. The lowest BCUT2D eigenvalue weighted by Gasteiger charge is -2.01. The van der Waals surface area contributed by atoms with Crippen LogP contribution < -0.4 is 4.74 Å². The Labute approximate surface area is 102 Å². The van der Waals surface area contributed by atoms with Crippen molar-refractivity contribution >= 4 is 34.8 Å². The molecule has 0 aliphatic rings. The maximum absolute atomic E-state index is 5.72. The summed E-state index contributed by atoms with van der Waals surface area (Å²) in [6.45, 7) is 0. The summed E-state index contributed by atoms with van der Waals surface area (Å²) >= 11 is 7.11. The molecule has 0 aliphatic carbocycles. The molecule has 0 saturated carbocycles. The van der Waals surface area contributed by atoms with E-state index < -0.39 is 0 Å². The van der Waals surface area contributed by atoms with Gasteiger partial charge in [0.25, 0.3) is 0 Å². The molecule has 0 amide bonds. The molecule has 1 aromatic carbocycles. The van der Waals surface area contributed by atoms with Gasteiger partial charge in [0, 0.05) is 12.4 Å². The molecular weight excluding hydrogens is 244 g/mol. The van der Waals surface area contributed by atoms with Crippen molar-refractivity contribution in [2.24, 2.45) is 4.99 Å². The standard InChI is InChI=1S/C11H9ClN2OS/c1-15-10-5-3-2-4-9(10)13-6-8-7-14-11(12)16-8/h2-7H,1H3/b13-6+. The molecule has 82 valence electrons. The van der Waals surface area contributed by atoms with Gasteiger partial charge in [-0.25, -0.2) is 4.98 Å². The third-order valence-corrected chi connectivity index (χ3v) is 2.96. The van der Waals surface area contributed by atoms with Gasteiger partial charge in [-0.2, -0.15) is 0 Å². The second-order valence-electron chi connectivity index (χ2n) is 2.95. The van der Waals surface area contributed by atoms with Crippen LogP contribution in [0.15, 0.2) is 35.5 Å². The number of nitrogens with zero attached hydrogens (tertiary/aromatic N) is 2. The Bertz CT molecular complexity index is 510. The van der Waals surface area contributed by atoms with E-state index in [4.69, 9.17) is 16.3 Å². The van der Waals surface area contributed by atoms with Gasteiger partial charge in [0.05, 0.1) is 12.0 Å². The van der Waals surface area contributed by atoms with Gasteiger partial charge >= 0.3 is 0 Å². The molecular formula is C11H9ClN2OS. The molecule has 5 heteroatoms. The first-order valence-electron chi connectivity index (χ1n) is 4.58. The highest BCUT2D eigenvalue weighted by molar-refractivity contribution is 7.17. The number of hydrogen-bond acceptors (Lipinski definition) is 4. The van der Waals surface area contributed by atoms with Crippen LogP contribution >= 0.6 is 22.9 Å². The largest absolute Gasteiger partial charge is 0.494 e. The molecule has 1 aromatic heterocycles. The van der Waals surface area contributed by atoms with E-state index in [2.05, 4.69) is 9.98 Å². The molecule has 0 bridgehead atoms. The number of methoxy groups -OCH3 is 1. The number of aromatic nitrogens is 1. The second kappa shape index (κ2) is 5.09. The van der Waals surface area contributed by atoms with Crippen LogP contribution in [0.3, 0.4) is 0 Å². The Morgan fingerprint density at radius 1 is 1.44 bits per heavy atom. The van der Waals surface area contributed by atoms with E-state index in [0.717, 1.165) is 16.3 Å². The summed E-state index contributed by atoms with van der Waals surface area (Å²) in [6.07, 6.45) is 3.41. The van der Waals surface area contributed by atoms with Gasteiger partial charge in [0.15, 0.2) is 4.47 Å². The fourth-order valence-corrected chi connectivity index (χ4v) is 2.02. The number of benzene rings is 1. The molecule has 0 fully saturated rings. The molecule has 2 aromatic rings. The van der Waals surface area contributed by atoms with Crippen LogP contribution in [0.2, 0.25) is 4.47 Å². The predicted octanol–water partition coefficient (Wildman–Crippen LogP) is 3.56. The monoisotopic (exact) mass is 252 g/mol. The van der Waals surface area contributed by atoms with E-state index in [1.165, 1.54) is 11.3 Å². The molecule has 0 saturated heterocycles. The SMILES string of the molecule is COc1ccccc1/N=C/c1cnc(Cl)s1. The number of hydrogen-bond donors (Lipinski definition) is 0. The Morgan fingerprint density at radius 3 is 2.94 bits per heavy atom. The maximum atomic E-state index is 5.72. The van der Waals surface area contributed by atoms with E-state index in [1.807, 2.05) is 24.3 Å². The molecule has 3 nitrogen and oxygen atoms in total. The highest BCUT2D eigenvalue weighted by Crippen LogP contribution is 2.26. The quantitative estimate of drug-likeness (QED) is 0.783. The van der Waals surface area contributed by atoms with Gasteiger partial charge in [-0.05, 0) is 12.1 Å². The van der Waals surface area contributed by atoms with Crippen LogP contribution in [-0.4, -0.2) is 18.3 Å². The molecule has 2 rings (SSSR count). The minimum Gasteiger partial charge on any atom is -0.494 e. The number of para-hydroxylation sites is 2. The summed E-state index contributed by atoms with van der Waals surface area (Å²) in [4.78, 5) is 9.17. The van der Waals surface area contributed by atoms with Crippen molar-refractivity contribution in [2.45, 2.75) is 0 Å². The third-order valence-electron chi connectivity index (χ3n) is 1.91. The topological polar surface area (TPSA) is 34.5 Å². The molecule has 0 unspecified atom stereocenters. The lowest BCUT2D eigenvalue weighted by atomic mass is 10.3. The zero-order valence-corrected chi connectivity index (χ0v) is 10.1. The summed E-state index contributed by atoms with van der Waals surface area (Å²) < 4.78 is 5.70. The number of aliphatic imine (C=N–C) groups is 1. The van der Waals surface area contributed by atoms with Gasteiger partial charge in [0.2, 0.25) is 0 Å². The first-order valence-corrected chi connectivity index (χ1v) is 5.77. The molecule has 0 radical (unpaired) electrons. The van der Waals surface area contributed by atoms with Crippen molar-refractivity contribution in [3.63, 3.8) is 0 Å². The van der Waals surface area contributed by atoms with Crippen LogP contribution in [0.25, 0.3) is 0 Å². The summed E-state index contributed by atoms with van der Waals surface area (Å²) in [6, 6.07) is 7.57. The average Bonchev–Trinajstić information content (AvgIpc) is 2.73. The van der Waals surface area contributed by atoms with Gasteiger partial charge in [-0.1, -0.05) is 23.7 Å². The predicted molar refractivity (Wildman–Crippen MR) is 67.4 cm³/mol. The zero-order valence-electron chi connectivity index (χ0n) is 8.55. The minimum absolute atomic E-state index is 0.515. The molecule has 1 heterocycles. The van der Waals surface area contributed by atoms with Crippen molar-refractivity contribution in [1.82, 2.24) is 4.98 Å². The van der Waals surface area contributed by atoms with Gasteiger partial charge < -0.3 is 4.74 Å². The fourth-order valence-electron chi connectivity index (χ4n) is 1.19. The first-order chi connectivity index (χ1) is 7.79. The first kappa shape index (κ1) is 11.1. The van der Waals surface area contributed by atoms with E-state index in [0.29, 0.717) is 4.47 Å². The normalized spacial score (nSPS) is 10.9. The Hall–Kier alpha value is -1.39. The summed E-state index contributed by atoms with van der Waals surface area (Å²) in [7, 11) is 1.62. The highest BCUT2D eigenvalue weighted by Gasteiger charge is 1.99. The molecule has 0 spiro atoms. The Morgan fingerprint density at radius 2 is 2.25 bits per heavy atom. The van der Waals surface area contributed by atoms with Gasteiger partial charge in [0.1, 0.15) is 11.4 Å². The lowest BCUT2D eigenvalue weighted by molar-refractivity contribution is 0.416. The van der Waals surface area contributed by atoms with E-state index in [-0.39, 0.29) is 0 Å². The van der Waals surface area contributed by atoms with Crippen molar-refractivity contribution < 1.29 is 4.74 Å². The van der Waals surface area contributed by atoms with Crippen molar-refractivity contribution in [3.05, 3.63) is 39.8 Å². The minimum atomic E-state index is 0.515. The van der Waals surface area contributed by atoms with Crippen LogP contribution in [0.5, 0.6) is 5.75 Å². The van der Waals surface area contributed by atoms with Crippen LogP contribution in [0, 0.1) is 0 Å². The molecule has 16 heavy (non-hydrogen) atoms. The van der Waals surface area contributed by atoms with Gasteiger partial charge in [-0.3, -0.25) is 4.99 Å². The zero-order chi connectivity index (χ0) is 11.4. The van der Waals surface area contributed by atoms with Gasteiger partial charge in [-0.15, -0.1) is 11.3 Å². The van der Waals surface area contributed by atoms with Crippen molar-refractivity contribution in [1.29, 1.82) is 0 Å². The van der Waals surface area contributed by atoms with Crippen molar-refractivity contribution in [3.8, 4) is 5.75 Å². The van der Waals surface area contributed by atoms with E-state index in [1.54, 1.807) is 19.5 Å². The Balaban J connectivity index is 2.23. The molecule has 0 N–H and O–H groups in total. The second-order valence-corrected chi connectivity index (χ2v) is 4.59. The maximum Gasteiger partial charge on any atom is 0.184 e. The van der Waals surface area contributed by atoms with E-state index in [9.17, 15) is 0 Å². The number of ether oxygens (including phenoxy) is 1. The molecule has 0 aliphatic heterocycles. The molecule has 0 atom stereocenters. The Kier molecular flexibility index (Phi) is 3.54. The van der Waals surface area contributed by atoms with Crippen LogP contribution in [-0.2, 0) is 0 Å². The number of halogens is 1. The smallest absolute Gasteiger partial charge is 0.184 e. The summed E-state index contributed by atoms with van der Waals surface area (Å²) in [5, 5.41) is 0. The van der Waals surface area contributed by atoms with E-state index >= 15 is 0 Å². The highest BCUT2D eigenvalue weighted by atomic mass is 35.5.